The predicted octanol–water partition coefficient (Wildman–Crippen LogP) is 4.94. The molecule has 110 valence electrons. The lowest BCUT2D eigenvalue weighted by atomic mass is 9.78. The van der Waals surface area contributed by atoms with Gasteiger partial charge >= 0.3 is 0 Å². The maximum atomic E-state index is 6.16. The molecule has 1 saturated heterocycles. The van der Waals surface area contributed by atoms with E-state index in [4.69, 9.17) is 16.3 Å². The van der Waals surface area contributed by atoms with Crippen LogP contribution in [0.15, 0.2) is 18.2 Å². The Kier molecular flexibility index (Phi) is 4.23. The lowest BCUT2D eigenvalue weighted by molar-refractivity contribution is -0.103. The summed E-state index contributed by atoms with van der Waals surface area (Å²) in [7, 11) is 0. The molecule has 1 heterocycles. The quantitative estimate of drug-likeness (QED) is 0.833. The molecule has 1 aliphatic carbocycles. The fourth-order valence-corrected chi connectivity index (χ4v) is 3.84. The van der Waals surface area contributed by atoms with Gasteiger partial charge in [-0.05, 0) is 50.3 Å². The number of anilines is 1. The Bertz CT molecular complexity index is 463. The highest BCUT2D eigenvalue weighted by Crippen LogP contribution is 2.39. The molecule has 3 heteroatoms. The molecule has 1 saturated carbocycles. The number of hydrogen-bond donors (Lipinski definition) is 1. The maximum Gasteiger partial charge on any atom is 0.0702 e. The van der Waals surface area contributed by atoms with Crippen LogP contribution in [0, 0.1) is 6.92 Å². The van der Waals surface area contributed by atoms with Gasteiger partial charge in [0.15, 0.2) is 0 Å². The monoisotopic (exact) mass is 293 g/mol. The molecule has 1 spiro atoms. The molecular weight excluding hydrogens is 270 g/mol. The van der Waals surface area contributed by atoms with Gasteiger partial charge < -0.3 is 10.1 Å². The van der Waals surface area contributed by atoms with Crippen LogP contribution < -0.4 is 5.32 Å². The van der Waals surface area contributed by atoms with Crippen molar-refractivity contribution in [2.24, 2.45) is 0 Å². The first-order chi connectivity index (χ1) is 9.67. The van der Waals surface area contributed by atoms with E-state index in [1.807, 2.05) is 12.1 Å². The lowest BCUT2D eigenvalue weighted by Gasteiger charge is -2.44. The second-order valence-corrected chi connectivity index (χ2v) is 6.82. The van der Waals surface area contributed by atoms with E-state index in [1.54, 1.807) is 0 Å². The molecule has 1 unspecified atom stereocenters. The van der Waals surface area contributed by atoms with Crippen molar-refractivity contribution in [2.75, 3.05) is 11.9 Å². The van der Waals surface area contributed by atoms with Gasteiger partial charge in [0.2, 0.25) is 0 Å². The molecule has 2 fully saturated rings. The number of hydrogen-bond acceptors (Lipinski definition) is 2. The van der Waals surface area contributed by atoms with Crippen molar-refractivity contribution in [3.05, 3.63) is 28.8 Å². The third-order valence-electron chi connectivity index (χ3n) is 4.82. The fraction of sp³-hybridized carbons (Fsp3) is 0.647. The number of aryl methyl sites for hydroxylation is 1. The first-order valence-electron chi connectivity index (χ1n) is 7.84. The number of benzene rings is 1. The van der Waals surface area contributed by atoms with Crippen molar-refractivity contribution >= 4 is 17.3 Å². The van der Waals surface area contributed by atoms with Gasteiger partial charge in [0.1, 0.15) is 0 Å². The van der Waals surface area contributed by atoms with Gasteiger partial charge in [-0.2, -0.15) is 0 Å². The van der Waals surface area contributed by atoms with Gasteiger partial charge in [-0.25, -0.2) is 0 Å². The number of ether oxygens (including phenoxy) is 1. The molecule has 1 aromatic carbocycles. The molecule has 0 bridgehead atoms. The molecule has 2 nitrogen and oxygen atoms in total. The Hall–Kier alpha value is -0.730. The summed E-state index contributed by atoms with van der Waals surface area (Å²) in [6.07, 6.45) is 8.72. The minimum Gasteiger partial charge on any atom is -0.382 e. The highest BCUT2D eigenvalue weighted by Gasteiger charge is 2.38. The number of nitrogens with one attached hydrogen (secondary N) is 1. The Morgan fingerprint density at radius 3 is 2.85 bits per heavy atom. The van der Waals surface area contributed by atoms with Crippen molar-refractivity contribution in [1.82, 2.24) is 0 Å². The lowest BCUT2D eigenvalue weighted by Crippen LogP contribution is -2.45. The van der Waals surface area contributed by atoms with Crippen molar-refractivity contribution < 1.29 is 4.74 Å². The normalized spacial score (nSPS) is 25.6. The summed E-state index contributed by atoms with van der Waals surface area (Å²) in [5.41, 5.74) is 2.59. The van der Waals surface area contributed by atoms with Gasteiger partial charge in [0.05, 0.1) is 5.60 Å². The second kappa shape index (κ2) is 5.95. The van der Waals surface area contributed by atoms with Crippen LogP contribution in [0.25, 0.3) is 0 Å². The van der Waals surface area contributed by atoms with E-state index in [0.717, 1.165) is 24.5 Å². The summed E-state index contributed by atoms with van der Waals surface area (Å²) in [6.45, 7) is 3.02. The molecule has 1 N–H and O–H groups in total. The molecule has 0 aromatic heterocycles. The SMILES string of the molecule is Cc1ccc(Cl)cc1NC1CCOC2(CCCCC2)C1. The first kappa shape index (κ1) is 14.2. The summed E-state index contributed by atoms with van der Waals surface area (Å²) in [6, 6.07) is 6.59. The molecule has 0 amide bonds. The zero-order valence-corrected chi connectivity index (χ0v) is 13.0. The van der Waals surface area contributed by atoms with E-state index in [2.05, 4.69) is 18.3 Å². The van der Waals surface area contributed by atoms with E-state index in [1.165, 1.54) is 43.4 Å². The molecule has 3 rings (SSSR count). The van der Waals surface area contributed by atoms with Crippen molar-refractivity contribution in [3.8, 4) is 0 Å². The van der Waals surface area contributed by atoms with Crippen molar-refractivity contribution in [2.45, 2.75) is 63.5 Å². The summed E-state index contributed by atoms with van der Waals surface area (Å²) >= 11 is 6.11. The highest BCUT2D eigenvalue weighted by molar-refractivity contribution is 6.30. The predicted molar refractivity (Wildman–Crippen MR) is 84.6 cm³/mol. The van der Waals surface area contributed by atoms with Gasteiger partial charge in [0.25, 0.3) is 0 Å². The van der Waals surface area contributed by atoms with Crippen LogP contribution >= 0.6 is 11.6 Å². The average Bonchev–Trinajstić information content (AvgIpc) is 2.44. The number of rotatable bonds is 2. The number of halogens is 1. The molecule has 2 aliphatic rings. The van der Waals surface area contributed by atoms with E-state index in [9.17, 15) is 0 Å². The summed E-state index contributed by atoms with van der Waals surface area (Å²) < 4.78 is 6.16. The Labute approximate surface area is 126 Å². The van der Waals surface area contributed by atoms with Crippen LogP contribution in [0.3, 0.4) is 0 Å². The summed E-state index contributed by atoms with van der Waals surface area (Å²) in [4.78, 5) is 0. The topological polar surface area (TPSA) is 21.3 Å². The van der Waals surface area contributed by atoms with E-state index < -0.39 is 0 Å². The van der Waals surface area contributed by atoms with E-state index in [0.29, 0.717) is 6.04 Å². The highest BCUT2D eigenvalue weighted by atomic mass is 35.5. The zero-order chi connectivity index (χ0) is 14.0. The van der Waals surface area contributed by atoms with Crippen LogP contribution in [-0.4, -0.2) is 18.2 Å². The molecule has 0 radical (unpaired) electrons. The third-order valence-corrected chi connectivity index (χ3v) is 5.05. The average molecular weight is 294 g/mol. The van der Waals surface area contributed by atoms with Crippen LogP contribution in [0.4, 0.5) is 5.69 Å². The Morgan fingerprint density at radius 1 is 1.25 bits per heavy atom. The van der Waals surface area contributed by atoms with Gasteiger partial charge in [-0.3, -0.25) is 0 Å². The minimum atomic E-state index is 0.153. The van der Waals surface area contributed by atoms with Gasteiger partial charge in [-0.15, -0.1) is 0 Å². The van der Waals surface area contributed by atoms with Crippen molar-refractivity contribution in [3.63, 3.8) is 0 Å². The molecule has 1 atom stereocenters. The Morgan fingerprint density at radius 2 is 2.05 bits per heavy atom. The molecule has 20 heavy (non-hydrogen) atoms. The van der Waals surface area contributed by atoms with Gasteiger partial charge in [-0.1, -0.05) is 36.9 Å². The third kappa shape index (κ3) is 3.12. The van der Waals surface area contributed by atoms with Gasteiger partial charge in [0, 0.05) is 23.4 Å². The molecule has 1 aromatic rings. The standard InChI is InChI=1S/C17H24ClNO/c1-13-5-6-14(18)11-16(13)19-15-7-10-20-17(12-15)8-3-2-4-9-17/h5-6,11,15,19H,2-4,7-10,12H2,1H3. The van der Waals surface area contributed by atoms with Crippen LogP contribution in [0.1, 0.15) is 50.5 Å². The Balaban J connectivity index is 1.69. The van der Waals surface area contributed by atoms with E-state index >= 15 is 0 Å². The minimum absolute atomic E-state index is 0.153. The van der Waals surface area contributed by atoms with Crippen LogP contribution in [0.2, 0.25) is 5.02 Å². The smallest absolute Gasteiger partial charge is 0.0702 e. The summed E-state index contributed by atoms with van der Waals surface area (Å²) in [5, 5.41) is 4.50. The molecule has 1 aliphatic heterocycles. The largest absolute Gasteiger partial charge is 0.382 e. The molecular formula is C17H24ClNO. The van der Waals surface area contributed by atoms with E-state index in [-0.39, 0.29) is 5.60 Å². The van der Waals surface area contributed by atoms with Crippen molar-refractivity contribution in [1.29, 1.82) is 0 Å². The maximum absolute atomic E-state index is 6.16. The first-order valence-corrected chi connectivity index (χ1v) is 8.21. The summed E-state index contributed by atoms with van der Waals surface area (Å²) in [5.74, 6) is 0. The zero-order valence-electron chi connectivity index (χ0n) is 12.3. The second-order valence-electron chi connectivity index (χ2n) is 6.39. The van der Waals surface area contributed by atoms with Crippen LogP contribution in [0.5, 0.6) is 0 Å². The fourth-order valence-electron chi connectivity index (χ4n) is 3.67. The van der Waals surface area contributed by atoms with Crippen LogP contribution in [-0.2, 0) is 4.74 Å².